The van der Waals surface area contributed by atoms with Crippen molar-refractivity contribution in [3.05, 3.63) is 66.7 Å². The normalized spacial score (nSPS) is 17.4. The standard InChI is InChI=1S/C17H16O2/c1-2-6-14(7-3-1)18-16-10-12-17(13-11-16)19-15-8-4-5-9-15/h1-4,6-8,10-13,15H,5,9H2. The molecule has 1 atom stereocenters. The summed E-state index contributed by atoms with van der Waals surface area (Å²) in [5.41, 5.74) is 0. The van der Waals surface area contributed by atoms with Gasteiger partial charge >= 0.3 is 0 Å². The minimum atomic E-state index is 0.223. The highest BCUT2D eigenvalue weighted by Crippen LogP contribution is 2.25. The van der Waals surface area contributed by atoms with E-state index >= 15 is 0 Å². The second-order valence-corrected chi connectivity index (χ2v) is 4.55. The molecule has 0 aromatic heterocycles. The molecule has 3 rings (SSSR count). The molecule has 19 heavy (non-hydrogen) atoms. The molecule has 0 saturated heterocycles. The lowest BCUT2D eigenvalue weighted by atomic mass is 10.3. The van der Waals surface area contributed by atoms with Crippen LogP contribution in [0.3, 0.4) is 0 Å². The minimum absolute atomic E-state index is 0.223. The zero-order chi connectivity index (χ0) is 12.9. The van der Waals surface area contributed by atoms with E-state index in [9.17, 15) is 0 Å². The van der Waals surface area contributed by atoms with Gasteiger partial charge in [0, 0.05) is 0 Å². The quantitative estimate of drug-likeness (QED) is 0.742. The van der Waals surface area contributed by atoms with Crippen LogP contribution in [0.25, 0.3) is 0 Å². The van der Waals surface area contributed by atoms with Crippen LogP contribution < -0.4 is 9.47 Å². The molecule has 96 valence electrons. The van der Waals surface area contributed by atoms with Crippen molar-refractivity contribution in [2.45, 2.75) is 18.9 Å². The summed E-state index contributed by atoms with van der Waals surface area (Å²) in [6.07, 6.45) is 6.69. The second kappa shape index (κ2) is 5.61. The van der Waals surface area contributed by atoms with Gasteiger partial charge in [-0.15, -0.1) is 0 Å². The number of allylic oxidation sites excluding steroid dienone is 1. The molecule has 2 nitrogen and oxygen atoms in total. The van der Waals surface area contributed by atoms with Gasteiger partial charge in [-0.25, -0.2) is 0 Å². The van der Waals surface area contributed by atoms with Crippen molar-refractivity contribution in [2.75, 3.05) is 0 Å². The number of hydrogen-bond acceptors (Lipinski definition) is 2. The van der Waals surface area contributed by atoms with Crippen molar-refractivity contribution in [3.8, 4) is 17.2 Å². The Bertz CT molecular complexity index is 543. The van der Waals surface area contributed by atoms with Crippen molar-refractivity contribution in [1.29, 1.82) is 0 Å². The highest BCUT2D eigenvalue weighted by atomic mass is 16.5. The van der Waals surface area contributed by atoms with Gasteiger partial charge < -0.3 is 9.47 Å². The maximum absolute atomic E-state index is 5.84. The Morgan fingerprint density at radius 3 is 2.16 bits per heavy atom. The number of hydrogen-bond donors (Lipinski definition) is 0. The fourth-order valence-electron chi connectivity index (χ4n) is 2.09. The van der Waals surface area contributed by atoms with Crippen LogP contribution in [0.4, 0.5) is 0 Å². The molecule has 0 fully saturated rings. The first-order valence-corrected chi connectivity index (χ1v) is 6.56. The molecule has 2 aromatic carbocycles. The molecule has 1 aliphatic rings. The van der Waals surface area contributed by atoms with Gasteiger partial charge in [-0.1, -0.05) is 24.3 Å². The van der Waals surface area contributed by atoms with Crippen molar-refractivity contribution in [1.82, 2.24) is 0 Å². The molecule has 2 aromatic rings. The van der Waals surface area contributed by atoms with Crippen LogP contribution in [-0.2, 0) is 0 Å². The monoisotopic (exact) mass is 252 g/mol. The summed E-state index contributed by atoms with van der Waals surface area (Å²) >= 11 is 0. The lowest BCUT2D eigenvalue weighted by molar-refractivity contribution is 0.248. The lowest BCUT2D eigenvalue weighted by Gasteiger charge is -2.12. The summed E-state index contributed by atoms with van der Waals surface area (Å²) in [7, 11) is 0. The van der Waals surface area contributed by atoms with Gasteiger partial charge in [0.1, 0.15) is 23.4 Å². The fourth-order valence-corrected chi connectivity index (χ4v) is 2.09. The van der Waals surface area contributed by atoms with E-state index in [4.69, 9.17) is 9.47 Å². The number of benzene rings is 2. The Morgan fingerprint density at radius 1 is 0.789 bits per heavy atom. The second-order valence-electron chi connectivity index (χ2n) is 4.55. The van der Waals surface area contributed by atoms with Crippen molar-refractivity contribution in [2.24, 2.45) is 0 Å². The predicted octanol–water partition coefficient (Wildman–Crippen LogP) is 4.58. The fraction of sp³-hybridized carbons (Fsp3) is 0.176. The zero-order valence-corrected chi connectivity index (χ0v) is 10.7. The molecule has 0 heterocycles. The molecule has 1 aliphatic carbocycles. The van der Waals surface area contributed by atoms with Crippen molar-refractivity contribution in [3.63, 3.8) is 0 Å². The van der Waals surface area contributed by atoms with Gasteiger partial charge in [-0.3, -0.25) is 0 Å². The SMILES string of the molecule is C1=CC(Oc2ccc(Oc3ccccc3)cc2)CC1. The summed E-state index contributed by atoms with van der Waals surface area (Å²) < 4.78 is 11.6. The van der Waals surface area contributed by atoms with E-state index in [0.29, 0.717) is 0 Å². The van der Waals surface area contributed by atoms with Crippen LogP contribution in [0, 0.1) is 0 Å². The van der Waals surface area contributed by atoms with E-state index in [-0.39, 0.29) is 6.10 Å². The summed E-state index contributed by atoms with van der Waals surface area (Å²) in [6.45, 7) is 0. The van der Waals surface area contributed by atoms with Crippen LogP contribution in [0.2, 0.25) is 0 Å². The largest absolute Gasteiger partial charge is 0.486 e. The zero-order valence-electron chi connectivity index (χ0n) is 10.7. The topological polar surface area (TPSA) is 18.5 Å². The number of para-hydroxylation sites is 1. The third-order valence-electron chi connectivity index (χ3n) is 3.06. The molecular formula is C17H16O2. The molecule has 2 heteroatoms. The van der Waals surface area contributed by atoms with Crippen molar-refractivity contribution < 1.29 is 9.47 Å². The average molecular weight is 252 g/mol. The predicted molar refractivity (Wildman–Crippen MR) is 75.7 cm³/mol. The van der Waals surface area contributed by atoms with Gasteiger partial charge in [-0.05, 0) is 55.3 Å². The first-order valence-electron chi connectivity index (χ1n) is 6.56. The van der Waals surface area contributed by atoms with Crippen LogP contribution in [-0.4, -0.2) is 6.10 Å². The molecular weight excluding hydrogens is 236 g/mol. The lowest BCUT2D eigenvalue weighted by Crippen LogP contribution is -2.09. The summed E-state index contributed by atoms with van der Waals surface area (Å²) in [5, 5.41) is 0. The molecule has 0 saturated carbocycles. The maximum atomic E-state index is 5.84. The van der Waals surface area contributed by atoms with Crippen LogP contribution >= 0.6 is 0 Å². The van der Waals surface area contributed by atoms with Gasteiger partial charge in [0.2, 0.25) is 0 Å². The molecule has 1 unspecified atom stereocenters. The van der Waals surface area contributed by atoms with Gasteiger partial charge in [0.15, 0.2) is 0 Å². The molecule has 0 radical (unpaired) electrons. The van der Waals surface area contributed by atoms with E-state index in [2.05, 4.69) is 12.2 Å². The average Bonchev–Trinajstić information content (AvgIpc) is 2.95. The Labute approximate surface area is 113 Å². The van der Waals surface area contributed by atoms with Crippen LogP contribution in [0.1, 0.15) is 12.8 Å². The Balaban J connectivity index is 1.63. The molecule has 0 aliphatic heterocycles. The van der Waals surface area contributed by atoms with Crippen LogP contribution in [0.5, 0.6) is 17.2 Å². The third-order valence-corrected chi connectivity index (χ3v) is 3.06. The molecule has 0 bridgehead atoms. The Kier molecular flexibility index (Phi) is 3.50. The highest BCUT2D eigenvalue weighted by molar-refractivity contribution is 5.35. The van der Waals surface area contributed by atoms with E-state index in [0.717, 1.165) is 30.1 Å². The van der Waals surface area contributed by atoms with E-state index in [1.54, 1.807) is 0 Å². The first-order chi connectivity index (χ1) is 9.40. The molecule has 0 N–H and O–H groups in total. The van der Waals surface area contributed by atoms with Gasteiger partial charge in [-0.2, -0.15) is 0 Å². The summed E-state index contributed by atoms with van der Waals surface area (Å²) in [4.78, 5) is 0. The van der Waals surface area contributed by atoms with E-state index < -0.39 is 0 Å². The summed E-state index contributed by atoms with van der Waals surface area (Å²) in [5.74, 6) is 2.55. The number of rotatable bonds is 4. The van der Waals surface area contributed by atoms with E-state index in [1.807, 2.05) is 54.6 Å². The highest BCUT2D eigenvalue weighted by Gasteiger charge is 2.10. The van der Waals surface area contributed by atoms with Gasteiger partial charge in [0.25, 0.3) is 0 Å². The summed E-state index contributed by atoms with van der Waals surface area (Å²) in [6, 6.07) is 17.5. The number of ether oxygens (including phenoxy) is 2. The van der Waals surface area contributed by atoms with Gasteiger partial charge in [0.05, 0.1) is 0 Å². The first kappa shape index (κ1) is 11.8. The van der Waals surface area contributed by atoms with E-state index in [1.165, 1.54) is 0 Å². The smallest absolute Gasteiger partial charge is 0.127 e. The third kappa shape index (κ3) is 3.16. The van der Waals surface area contributed by atoms with Crippen molar-refractivity contribution >= 4 is 0 Å². The van der Waals surface area contributed by atoms with Crippen LogP contribution in [0.15, 0.2) is 66.7 Å². The molecule has 0 spiro atoms. The maximum Gasteiger partial charge on any atom is 0.127 e. The minimum Gasteiger partial charge on any atom is -0.486 e. The Morgan fingerprint density at radius 2 is 1.47 bits per heavy atom. The Hall–Kier alpha value is -2.22. The molecule has 0 amide bonds.